The first-order valence-corrected chi connectivity index (χ1v) is 18.9. The molecule has 0 aliphatic rings. The fourth-order valence-electron chi connectivity index (χ4n) is 6.16. The van der Waals surface area contributed by atoms with E-state index in [1.165, 1.54) is 101 Å². The Morgan fingerprint density at radius 1 is 0.630 bits per heavy atom. The maximum absolute atomic E-state index is 2.46. The van der Waals surface area contributed by atoms with Crippen LogP contribution in [0.5, 0.6) is 0 Å². The van der Waals surface area contributed by atoms with Gasteiger partial charge in [0.05, 0.1) is 0 Å². The molecule has 0 spiro atoms. The van der Waals surface area contributed by atoms with Gasteiger partial charge in [-0.05, 0) is 106 Å². The minimum atomic E-state index is 1.11. The van der Waals surface area contributed by atoms with Crippen molar-refractivity contribution in [2.45, 2.75) is 79.6 Å². The summed E-state index contributed by atoms with van der Waals surface area (Å²) in [7, 11) is 0. The van der Waals surface area contributed by atoms with E-state index >= 15 is 0 Å². The van der Waals surface area contributed by atoms with Gasteiger partial charge in [0, 0.05) is 19.5 Å². The van der Waals surface area contributed by atoms with Crippen LogP contribution in [0.15, 0.2) is 109 Å². The van der Waals surface area contributed by atoms with E-state index in [0.29, 0.717) is 0 Å². The molecular weight excluding hydrogens is 593 g/mol. The molecule has 2 heterocycles. The molecule has 0 aliphatic heterocycles. The van der Waals surface area contributed by atoms with Crippen molar-refractivity contribution in [3.63, 3.8) is 0 Å². The largest absolute Gasteiger partial charge is 0.134 e. The van der Waals surface area contributed by atoms with Gasteiger partial charge in [0.1, 0.15) is 0 Å². The average molecular weight is 641 g/mol. The molecule has 46 heavy (non-hydrogen) atoms. The van der Waals surface area contributed by atoms with Crippen LogP contribution in [-0.4, -0.2) is 0 Å². The lowest BCUT2D eigenvalue weighted by Gasteiger charge is -2.14. The molecule has 0 N–H and O–H groups in total. The van der Waals surface area contributed by atoms with Gasteiger partial charge in [0.15, 0.2) is 0 Å². The Kier molecular flexibility index (Phi) is 12.2. The molecular formula is C44H48S2. The van der Waals surface area contributed by atoms with Crippen molar-refractivity contribution in [3.8, 4) is 30.6 Å². The van der Waals surface area contributed by atoms with Gasteiger partial charge in [0.25, 0.3) is 0 Å². The van der Waals surface area contributed by atoms with E-state index in [0.717, 1.165) is 12.8 Å². The maximum Gasteiger partial charge on any atom is 0.0449 e. The monoisotopic (exact) mass is 640 g/mol. The molecule has 6 aromatic rings. The van der Waals surface area contributed by atoms with Crippen molar-refractivity contribution in [1.29, 1.82) is 0 Å². The Hall–Kier alpha value is -3.72. The SMILES string of the molecule is CC.CCCC/C=c1\cccc\c1=C(/CCCCC)c1cc(-c2ccc(-c3ccc(-c4cccc5ccccc45)s3)s2)ccc1C. The molecule has 0 fully saturated rings. The summed E-state index contributed by atoms with van der Waals surface area (Å²) in [4.78, 5) is 5.32. The summed E-state index contributed by atoms with van der Waals surface area (Å²) in [6.07, 6.45) is 10.9. The fraction of sp³-hybridized carbons (Fsp3) is 0.273. The first kappa shape index (κ1) is 33.6. The first-order valence-electron chi connectivity index (χ1n) is 17.2. The number of hydrogen-bond donors (Lipinski definition) is 0. The number of benzene rings is 4. The van der Waals surface area contributed by atoms with Crippen LogP contribution in [0.3, 0.4) is 0 Å². The molecule has 2 heteroatoms. The molecule has 4 aromatic carbocycles. The summed E-state index contributed by atoms with van der Waals surface area (Å²) in [5.74, 6) is 0. The third-order valence-electron chi connectivity index (χ3n) is 8.60. The van der Waals surface area contributed by atoms with Gasteiger partial charge in [-0.3, -0.25) is 0 Å². The standard InChI is InChI=1S/C42H42S2.C2H6/c1-4-6-8-15-31-16-10-12-19-34(31)36(21-9-7-5-2)38-29-33(24-23-30(38)3)39-25-27-41(43-39)42-28-26-40(44-42)37-22-14-18-32-17-11-13-20-35(32)37;1-2/h10-20,22-29H,4-9,21H2,1-3H3;1-2H3/b31-15+,36-34-;. The molecule has 0 saturated carbocycles. The average Bonchev–Trinajstić information content (AvgIpc) is 3.79. The van der Waals surface area contributed by atoms with Gasteiger partial charge in [-0.25, -0.2) is 0 Å². The second-order valence-corrected chi connectivity index (χ2v) is 13.9. The third-order valence-corrected chi connectivity index (χ3v) is 11.0. The van der Waals surface area contributed by atoms with Crippen molar-refractivity contribution < 1.29 is 0 Å². The number of rotatable bonds is 11. The van der Waals surface area contributed by atoms with E-state index in [9.17, 15) is 0 Å². The highest BCUT2D eigenvalue weighted by molar-refractivity contribution is 7.25. The van der Waals surface area contributed by atoms with Crippen molar-refractivity contribution >= 4 is 45.1 Å². The summed E-state index contributed by atoms with van der Waals surface area (Å²) in [5.41, 5.74) is 6.89. The van der Waals surface area contributed by atoms with Crippen LogP contribution in [0.25, 0.3) is 53.1 Å². The van der Waals surface area contributed by atoms with Crippen molar-refractivity contribution in [1.82, 2.24) is 0 Å². The van der Waals surface area contributed by atoms with E-state index in [1.807, 2.05) is 36.5 Å². The van der Waals surface area contributed by atoms with Gasteiger partial charge in [-0.15, -0.1) is 22.7 Å². The molecule has 0 bridgehead atoms. The highest BCUT2D eigenvalue weighted by atomic mass is 32.1. The van der Waals surface area contributed by atoms with Crippen molar-refractivity contribution in [2.24, 2.45) is 0 Å². The van der Waals surface area contributed by atoms with Crippen LogP contribution in [0.4, 0.5) is 0 Å². The second kappa shape index (κ2) is 16.7. The second-order valence-electron chi connectivity index (χ2n) is 11.8. The molecule has 2 aromatic heterocycles. The zero-order valence-electron chi connectivity index (χ0n) is 28.2. The lowest BCUT2D eigenvalue weighted by atomic mass is 9.91. The normalized spacial score (nSPS) is 12.2. The van der Waals surface area contributed by atoms with Gasteiger partial charge in [-0.1, -0.05) is 138 Å². The Morgan fingerprint density at radius 3 is 2.11 bits per heavy atom. The Balaban J connectivity index is 0.00000204. The Labute approximate surface area is 284 Å². The van der Waals surface area contributed by atoms with E-state index in [2.05, 4.69) is 136 Å². The molecule has 0 unspecified atom stereocenters. The van der Waals surface area contributed by atoms with E-state index in [4.69, 9.17) is 0 Å². The van der Waals surface area contributed by atoms with Crippen LogP contribution in [0.1, 0.15) is 83.8 Å². The Morgan fingerprint density at radius 2 is 1.30 bits per heavy atom. The number of unbranched alkanes of at least 4 members (excludes halogenated alkanes) is 4. The first-order chi connectivity index (χ1) is 22.7. The Bertz CT molecular complexity index is 1980. The molecule has 0 nitrogen and oxygen atoms in total. The molecule has 0 amide bonds. The molecule has 236 valence electrons. The zero-order chi connectivity index (χ0) is 32.3. The van der Waals surface area contributed by atoms with E-state index in [-0.39, 0.29) is 0 Å². The number of aryl methyl sites for hydroxylation is 1. The molecule has 6 rings (SSSR count). The van der Waals surface area contributed by atoms with Crippen molar-refractivity contribution in [2.75, 3.05) is 0 Å². The van der Waals surface area contributed by atoms with E-state index in [1.54, 1.807) is 0 Å². The van der Waals surface area contributed by atoms with Crippen molar-refractivity contribution in [3.05, 3.63) is 131 Å². The summed E-state index contributed by atoms with van der Waals surface area (Å²) in [5, 5.41) is 5.40. The van der Waals surface area contributed by atoms with Gasteiger partial charge >= 0.3 is 0 Å². The number of thiophene rings is 2. The van der Waals surface area contributed by atoms with Gasteiger partial charge in [-0.2, -0.15) is 0 Å². The minimum absolute atomic E-state index is 1.11. The number of fused-ring (bicyclic) bond motifs is 1. The van der Waals surface area contributed by atoms with Crippen LogP contribution >= 0.6 is 22.7 Å². The smallest absolute Gasteiger partial charge is 0.0449 e. The lowest BCUT2D eigenvalue weighted by molar-refractivity contribution is 0.734. The fourth-order valence-corrected chi connectivity index (χ4v) is 8.30. The van der Waals surface area contributed by atoms with E-state index < -0.39 is 0 Å². The van der Waals surface area contributed by atoms with Crippen LogP contribution in [-0.2, 0) is 0 Å². The lowest BCUT2D eigenvalue weighted by Crippen LogP contribution is -2.27. The quantitative estimate of drug-likeness (QED) is 0.124. The summed E-state index contributed by atoms with van der Waals surface area (Å²) < 4.78 is 0. The predicted molar refractivity (Wildman–Crippen MR) is 208 cm³/mol. The summed E-state index contributed by atoms with van der Waals surface area (Å²) in [6, 6.07) is 40.7. The third kappa shape index (κ3) is 7.80. The van der Waals surface area contributed by atoms with Gasteiger partial charge in [0.2, 0.25) is 0 Å². The van der Waals surface area contributed by atoms with Crippen LogP contribution in [0.2, 0.25) is 0 Å². The predicted octanol–water partition coefficient (Wildman–Crippen LogP) is 13.0. The zero-order valence-corrected chi connectivity index (χ0v) is 29.9. The minimum Gasteiger partial charge on any atom is -0.134 e. The maximum atomic E-state index is 2.46. The van der Waals surface area contributed by atoms with Gasteiger partial charge < -0.3 is 0 Å². The van der Waals surface area contributed by atoms with Crippen LogP contribution in [0, 0.1) is 6.92 Å². The summed E-state index contributed by atoms with van der Waals surface area (Å²) in [6.45, 7) is 10.9. The summed E-state index contributed by atoms with van der Waals surface area (Å²) >= 11 is 3.80. The highest BCUT2D eigenvalue weighted by Gasteiger charge is 2.13. The molecule has 0 aliphatic carbocycles. The molecule has 0 radical (unpaired) electrons. The molecule has 0 atom stereocenters. The topological polar surface area (TPSA) is 0 Å². The number of hydrogen-bond acceptors (Lipinski definition) is 2. The highest BCUT2D eigenvalue weighted by Crippen LogP contribution is 2.42. The molecule has 0 saturated heterocycles. The van der Waals surface area contributed by atoms with Crippen LogP contribution < -0.4 is 10.4 Å².